The van der Waals surface area contributed by atoms with Crippen molar-refractivity contribution in [1.82, 2.24) is 0 Å². The Morgan fingerprint density at radius 3 is 3.00 bits per heavy atom. The molecule has 4 nitrogen and oxygen atoms in total. The van der Waals surface area contributed by atoms with Crippen LogP contribution in [0.1, 0.15) is 32.6 Å². The molecule has 5 heteroatoms. The minimum Gasteiger partial charge on any atom is -0.492 e. The normalized spacial score (nSPS) is 22.4. The Kier molecular flexibility index (Phi) is 4.95. The fourth-order valence-electron chi connectivity index (χ4n) is 2.57. The molecule has 2 rings (SSSR count). The number of anilines is 1. The Morgan fingerprint density at radius 1 is 1.50 bits per heavy atom. The summed E-state index contributed by atoms with van der Waals surface area (Å²) < 4.78 is 18.6. The molecule has 0 saturated heterocycles. The molecule has 110 valence electrons. The molecule has 20 heavy (non-hydrogen) atoms. The van der Waals surface area contributed by atoms with Gasteiger partial charge >= 0.3 is 0 Å². The second-order valence-electron chi connectivity index (χ2n) is 5.19. The molecule has 2 unspecified atom stereocenters. The number of hydrogen-bond acceptors (Lipinski definition) is 3. The number of nitrogens with one attached hydrogen (secondary N) is 1. The maximum absolute atomic E-state index is 13.2. The van der Waals surface area contributed by atoms with E-state index >= 15 is 0 Å². The van der Waals surface area contributed by atoms with Crippen LogP contribution in [0.15, 0.2) is 18.2 Å². The number of rotatable bonds is 4. The summed E-state index contributed by atoms with van der Waals surface area (Å²) >= 11 is 0. The van der Waals surface area contributed by atoms with Gasteiger partial charge in [-0.05, 0) is 38.3 Å². The van der Waals surface area contributed by atoms with Crippen molar-refractivity contribution in [2.45, 2.75) is 38.6 Å². The van der Waals surface area contributed by atoms with Gasteiger partial charge in [-0.3, -0.25) is 4.79 Å². The molecule has 1 aromatic carbocycles. The lowest BCUT2D eigenvalue weighted by atomic mass is 9.85. The maximum atomic E-state index is 13.2. The third-order valence-electron chi connectivity index (χ3n) is 3.59. The first kappa shape index (κ1) is 14.8. The molecule has 0 aliphatic heterocycles. The van der Waals surface area contributed by atoms with E-state index in [1.165, 1.54) is 18.2 Å². The van der Waals surface area contributed by atoms with Crippen LogP contribution >= 0.6 is 0 Å². The minimum absolute atomic E-state index is 0.0623. The molecular weight excluding hydrogens is 259 g/mol. The van der Waals surface area contributed by atoms with E-state index in [9.17, 15) is 9.18 Å². The van der Waals surface area contributed by atoms with Crippen LogP contribution in [0, 0.1) is 11.7 Å². The van der Waals surface area contributed by atoms with E-state index in [0.717, 1.165) is 19.3 Å². The van der Waals surface area contributed by atoms with Gasteiger partial charge in [0.25, 0.3) is 0 Å². The smallest absolute Gasteiger partial charge is 0.227 e. The first-order chi connectivity index (χ1) is 9.60. The Balaban J connectivity index is 2.06. The number of ether oxygens (including phenoxy) is 1. The summed E-state index contributed by atoms with van der Waals surface area (Å²) in [6, 6.07) is 4.22. The number of halogens is 1. The van der Waals surface area contributed by atoms with Crippen LogP contribution < -0.4 is 15.8 Å². The molecule has 0 spiro atoms. The van der Waals surface area contributed by atoms with E-state index in [0.29, 0.717) is 24.5 Å². The molecule has 1 aromatic rings. The van der Waals surface area contributed by atoms with Crippen molar-refractivity contribution >= 4 is 11.6 Å². The number of carbonyl (C=O) groups is 1. The van der Waals surface area contributed by atoms with Gasteiger partial charge < -0.3 is 15.8 Å². The minimum atomic E-state index is -0.383. The summed E-state index contributed by atoms with van der Waals surface area (Å²) in [7, 11) is 0. The van der Waals surface area contributed by atoms with Crippen molar-refractivity contribution in [3.05, 3.63) is 24.0 Å². The topological polar surface area (TPSA) is 64.3 Å². The zero-order valence-corrected chi connectivity index (χ0v) is 11.7. The first-order valence-electron chi connectivity index (χ1n) is 7.09. The number of hydrogen-bond donors (Lipinski definition) is 2. The van der Waals surface area contributed by atoms with Crippen molar-refractivity contribution in [1.29, 1.82) is 0 Å². The van der Waals surface area contributed by atoms with E-state index in [1.807, 2.05) is 6.92 Å². The van der Waals surface area contributed by atoms with Crippen LogP contribution in [-0.4, -0.2) is 18.6 Å². The Morgan fingerprint density at radius 2 is 2.30 bits per heavy atom. The Bertz CT molecular complexity index is 479. The molecule has 1 saturated carbocycles. The number of carbonyl (C=O) groups excluding carboxylic acids is 1. The molecule has 0 bridgehead atoms. The van der Waals surface area contributed by atoms with Crippen LogP contribution in [0.2, 0.25) is 0 Å². The van der Waals surface area contributed by atoms with Gasteiger partial charge in [-0.15, -0.1) is 0 Å². The van der Waals surface area contributed by atoms with Gasteiger partial charge in [-0.2, -0.15) is 0 Å². The van der Waals surface area contributed by atoms with Crippen LogP contribution in [0.5, 0.6) is 5.75 Å². The fraction of sp³-hybridized carbons (Fsp3) is 0.533. The predicted molar refractivity (Wildman–Crippen MR) is 76.1 cm³/mol. The SMILES string of the molecule is CCOc1cc(F)ccc1NC(=O)C1CCCC(N)C1. The van der Waals surface area contributed by atoms with Gasteiger partial charge in [0.2, 0.25) is 5.91 Å². The molecule has 1 aliphatic rings. The molecule has 0 radical (unpaired) electrons. The van der Waals surface area contributed by atoms with E-state index < -0.39 is 0 Å². The summed E-state index contributed by atoms with van der Waals surface area (Å²) in [5.41, 5.74) is 6.41. The highest BCUT2D eigenvalue weighted by atomic mass is 19.1. The van der Waals surface area contributed by atoms with Gasteiger partial charge in [0.15, 0.2) is 0 Å². The first-order valence-corrected chi connectivity index (χ1v) is 7.09. The molecule has 1 fully saturated rings. The summed E-state index contributed by atoms with van der Waals surface area (Å²) in [4.78, 5) is 12.2. The lowest BCUT2D eigenvalue weighted by Gasteiger charge is -2.26. The van der Waals surface area contributed by atoms with Crippen molar-refractivity contribution < 1.29 is 13.9 Å². The lowest BCUT2D eigenvalue weighted by Crippen LogP contribution is -2.34. The average molecular weight is 280 g/mol. The third-order valence-corrected chi connectivity index (χ3v) is 3.59. The molecule has 2 atom stereocenters. The largest absolute Gasteiger partial charge is 0.492 e. The Labute approximate surface area is 118 Å². The van der Waals surface area contributed by atoms with Crippen LogP contribution in [-0.2, 0) is 4.79 Å². The van der Waals surface area contributed by atoms with Gasteiger partial charge in [0, 0.05) is 18.0 Å². The van der Waals surface area contributed by atoms with E-state index in [4.69, 9.17) is 10.5 Å². The fourth-order valence-corrected chi connectivity index (χ4v) is 2.57. The zero-order valence-electron chi connectivity index (χ0n) is 11.7. The summed E-state index contributed by atoms with van der Waals surface area (Å²) in [6.45, 7) is 2.23. The summed E-state index contributed by atoms with van der Waals surface area (Å²) in [6.07, 6.45) is 3.51. The van der Waals surface area contributed by atoms with Crippen molar-refractivity contribution in [2.24, 2.45) is 11.7 Å². The number of nitrogens with two attached hydrogens (primary N) is 1. The third kappa shape index (κ3) is 3.70. The van der Waals surface area contributed by atoms with E-state index in [-0.39, 0.29) is 23.7 Å². The summed E-state index contributed by atoms with van der Waals surface area (Å²) in [5, 5.41) is 2.83. The molecule has 0 heterocycles. The van der Waals surface area contributed by atoms with Gasteiger partial charge in [-0.1, -0.05) is 6.42 Å². The highest BCUT2D eigenvalue weighted by Gasteiger charge is 2.25. The summed E-state index contributed by atoms with van der Waals surface area (Å²) in [5.74, 6) is -0.155. The van der Waals surface area contributed by atoms with Gasteiger partial charge in [-0.25, -0.2) is 4.39 Å². The van der Waals surface area contributed by atoms with Gasteiger partial charge in [0.1, 0.15) is 11.6 Å². The van der Waals surface area contributed by atoms with E-state index in [1.54, 1.807) is 0 Å². The number of amides is 1. The molecular formula is C15H21FN2O2. The van der Waals surface area contributed by atoms with Crippen LogP contribution in [0.3, 0.4) is 0 Å². The van der Waals surface area contributed by atoms with E-state index in [2.05, 4.69) is 5.32 Å². The van der Waals surface area contributed by atoms with Crippen molar-refractivity contribution in [3.63, 3.8) is 0 Å². The number of benzene rings is 1. The highest BCUT2D eigenvalue weighted by Crippen LogP contribution is 2.29. The standard InChI is InChI=1S/C15H21FN2O2/c1-2-20-14-9-11(16)6-7-13(14)18-15(19)10-4-3-5-12(17)8-10/h6-7,9-10,12H,2-5,8,17H2,1H3,(H,18,19). The van der Waals surface area contributed by atoms with Crippen LogP contribution in [0.4, 0.5) is 10.1 Å². The maximum Gasteiger partial charge on any atom is 0.227 e. The second-order valence-corrected chi connectivity index (χ2v) is 5.19. The van der Waals surface area contributed by atoms with Crippen molar-refractivity contribution in [2.75, 3.05) is 11.9 Å². The highest BCUT2D eigenvalue weighted by molar-refractivity contribution is 5.94. The quantitative estimate of drug-likeness (QED) is 0.891. The molecule has 1 aliphatic carbocycles. The van der Waals surface area contributed by atoms with Gasteiger partial charge in [0.05, 0.1) is 12.3 Å². The second kappa shape index (κ2) is 6.70. The predicted octanol–water partition coefficient (Wildman–Crippen LogP) is 2.68. The van der Waals surface area contributed by atoms with Crippen molar-refractivity contribution in [3.8, 4) is 5.75 Å². The van der Waals surface area contributed by atoms with Crippen LogP contribution in [0.25, 0.3) is 0 Å². The lowest BCUT2D eigenvalue weighted by molar-refractivity contribution is -0.120. The molecule has 1 amide bonds. The average Bonchev–Trinajstić information content (AvgIpc) is 2.42. The zero-order chi connectivity index (χ0) is 14.5. The molecule has 3 N–H and O–H groups in total. The molecule has 0 aromatic heterocycles. The monoisotopic (exact) mass is 280 g/mol. The Hall–Kier alpha value is -1.62.